The number of carboxylic acid groups (broad SMARTS) is 1. The van der Waals surface area contributed by atoms with Crippen LogP contribution in [0.1, 0.15) is 19.8 Å². The van der Waals surface area contributed by atoms with Gasteiger partial charge in [-0.25, -0.2) is 4.39 Å². The van der Waals surface area contributed by atoms with E-state index in [0.717, 1.165) is 0 Å². The summed E-state index contributed by atoms with van der Waals surface area (Å²) in [5, 5.41) is 9.03. The van der Waals surface area contributed by atoms with Crippen LogP contribution in [0.2, 0.25) is 0 Å². The Morgan fingerprint density at radius 1 is 1.38 bits per heavy atom. The molecule has 1 fully saturated rings. The monoisotopic (exact) mass is 295 g/mol. The summed E-state index contributed by atoms with van der Waals surface area (Å²) in [5.41, 5.74) is 0. The Balaban J connectivity index is 1.95. The van der Waals surface area contributed by atoms with Gasteiger partial charge < -0.3 is 14.7 Å². The van der Waals surface area contributed by atoms with Crippen LogP contribution >= 0.6 is 0 Å². The molecule has 1 aliphatic heterocycles. The first kappa shape index (κ1) is 15.3. The Hall–Kier alpha value is -2.11. The maximum absolute atomic E-state index is 12.8. The minimum Gasteiger partial charge on any atom is -0.481 e. The van der Waals surface area contributed by atoms with E-state index in [1.54, 1.807) is 6.92 Å². The highest BCUT2D eigenvalue weighted by Gasteiger charge is 2.30. The van der Waals surface area contributed by atoms with Crippen LogP contribution in [0.5, 0.6) is 5.75 Å². The number of carbonyl (C=O) groups excluding carboxylic acids is 1. The number of benzene rings is 1. The van der Waals surface area contributed by atoms with Gasteiger partial charge in [-0.05, 0) is 44.0 Å². The van der Waals surface area contributed by atoms with Crippen molar-refractivity contribution in [3.05, 3.63) is 30.1 Å². The van der Waals surface area contributed by atoms with Crippen LogP contribution in [0, 0.1) is 11.7 Å². The third-order valence-electron chi connectivity index (χ3n) is 3.56. The largest absolute Gasteiger partial charge is 0.481 e. The topological polar surface area (TPSA) is 66.8 Å². The SMILES string of the molecule is C[C@@H](Oc1ccc(F)cc1)C(=O)N1CCC[C@H](C(=O)O)C1. The van der Waals surface area contributed by atoms with Crippen LogP contribution in [0.25, 0.3) is 0 Å². The number of carbonyl (C=O) groups is 2. The summed E-state index contributed by atoms with van der Waals surface area (Å²) in [4.78, 5) is 24.8. The fourth-order valence-electron chi connectivity index (χ4n) is 2.40. The van der Waals surface area contributed by atoms with E-state index in [1.807, 2.05) is 0 Å². The zero-order valence-electron chi connectivity index (χ0n) is 11.8. The summed E-state index contributed by atoms with van der Waals surface area (Å²) in [6.45, 7) is 2.36. The highest BCUT2D eigenvalue weighted by molar-refractivity contribution is 5.82. The van der Waals surface area contributed by atoms with E-state index in [4.69, 9.17) is 9.84 Å². The zero-order valence-corrected chi connectivity index (χ0v) is 11.8. The summed E-state index contributed by atoms with van der Waals surface area (Å²) in [7, 11) is 0. The van der Waals surface area contributed by atoms with Gasteiger partial charge in [-0.3, -0.25) is 9.59 Å². The van der Waals surface area contributed by atoms with Gasteiger partial charge in [0.2, 0.25) is 0 Å². The van der Waals surface area contributed by atoms with Crippen molar-refractivity contribution in [2.75, 3.05) is 13.1 Å². The number of likely N-dealkylation sites (tertiary alicyclic amines) is 1. The number of hydrogen-bond acceptors (Lipinski definition) is 3. The molecule has 1 heterocycles. The van der Waals surface area contributed by atoms with Gasteiger partial charge in [0, 0.05) is 13.1 Å². The molecule has 1 saturated heterocycles. The van der Waals surface area contributed by atoms with Crippen molar-refractivity contribution in [1.29, 1.82) is 0 Å². The summed E-state index contributed by atoms with van der Waals surface area (Å²) in [5.74, 6) is -1.60. The first-order valence-electron chi connectivity index (χ1n) is 6.91. The standard InChI is InChI=1S/C15H18FNO4/c1-10(21-13-6-4-12(16)5-7-13)14(18)17-8-2-3-11(9-17)15(19)20/h4-7,10-11H,2-3,8-9H2,1H3,(H,19,20)/t10-,11+/m1/s1. The number of amides is 1. The third-order valence-corrected chi connectivity index (χ3v) is 3.56. The van der Waals surface area contributed by atoms with Crippen molar-refractivity contribution in [2.45, 2.75) is 25.9 Å². The van der Waals surface area contributed by atoms with Crippen LogP contribution in [-0.2, 0) is 9.59 Å². The Kier molecular flexibility index (Phi) is 4.77. The molecule has 0 radical (unpaired) electrons. The van der Waals surface area contributed by atoms with Gasteiger partial charge in [0.25, 0.3) is 5.91 Å². The van der Waals surface area contributed by atoms with Gasteiger partial charge in [-0.15, -0.1) is 0 Å². The molecule has 6 heteroatoms. The van der Waals surface area contributed by atoms with Gasteiger partial charge >= 0.3 is 5.97 Å². The first-order valence-corrected chi connectivity index (χ1v) is 6.91. The maximum Gasteiger partial charge on any atom is 0.308 e. The first-order chi connectivity index (χ1) is 9.97. The molecule has 1 aromatic rings. The summed E-state index contributed by atoms with van der Waals surface area (Å²) < 4.78 is 18.3. The molecule has 1 amide bonds. The Labute approximate surface area is 122 Å². The maximum atomic E-state index is 12.8. The second-order valence-corrected chi connectivity index (χ2v) is 5.18. The smallest absolute Gasteiger partial charge is 0.308 e. The lowest BCUT2D eigenvalue weighted by molar-refractivity contribution is -0.147. The van der Waals surface area contributed by atoms with Crippen LogP contribution < -0.4 is 4.74 Å². The van der Waals surface area contributed by atoms with Crippen LogP contribution in [0.3, 0.4) is 0 Å². The highest BCUT2D eigenvalue weighted by Crippen LogP contribution is 2.19. The lowest BCUT2D eigenvalue weighted by atomic mass is 9.98. The number of nitrogens with zero attached hydrogens (tertiary/aromatic N) is 1. The predicted octanol–water partition coefficient (Wildman–Crippen LogP) is 1.92. The highest BCUT2D eigenvalue weighted by atomic mass is 19.1. The lowest BCUT2D eigenvalue weighted by Gasteiger charge is -2.32. The van der Waals surface area contributed by atoms with Crippen molar-refractivity contribution in [2.24, 2.45) is 5.92 Å². The molecular formula is C15H18FNO4. The van der Waals surface area contributed by atoms with Crippen molar-refractivity contribution in [3.8, 4) is 5.75 Å². The minimum absolute atomic E-state index is 0.214. The third kappa shape index (κ3) is 3.93. The second-order valence-electron chi connectivity index (χ2n) is 5.18. The molecule has 5 nitrogen and oxygen atoms in total. The molecule has 0 aromatic heterocycles. The average molecular weight is 295 g/mol. The number of carboxylic acids is 1. The zero-order chi connectivity index (χ0) is 15.4. The van der Waals surface area contributed by atoms with E-state index >= 15 is 0 Å². The van der Waals surface area contributed by atoms with Gasteiger partial charge in [0.1, 0.15) is 11.6 Å². The molecule has 0 spiro atoms. The fraction of sp³-hybridized carbons (Fsp3) is 0.467. The summed E-state index contributed by atoms with van der Waals surface area (Å²) in [6.07, 6.45) is 0.529. The van der Waals surface area contributed by atoms with E-state index in [-0.39, 0.29) is 18.3 Å². The van der Waals surface area contributed by atoms with Crippen molar-refractivity contribution < 1.29 is 23.8 Å². The van der Waals surface area contributed by atoms with E-state index < -0.39 is 18.0 Å². The number of piperidine rings is 1. The van der Waals surface area contributed by atoms with Crippen LogP contribution in [-0.4, -0.2) is 41.1 Å². The van der Waals surface area contributed by atoms with Crippen molar-refractivity contribution in [1.82, 2.24) is 4.90 Å². The fourth-order valence-corrected chi connectivity index (χ4v) is 2.40. The number of halogens is 1. The predicted molar refractivity (Wildman–Crippen MR) is 73.4 cm³/mol. The molecule has 0 unspecified atom stereocenters. The molecule has 2 rings (SSSR count). The van der Waals surface area contributed by atoms with Crippen molar-refractivity contribution >= 4 is 11.9 Å². The molecule has 1 aromatic carbocycles. The molecular weight excluding hydrogens is 277 g/mol. The minimum atomic E-state index is -0.875. The van der Waals surface area contributed by atoms with Crippen LogP contribution in [0.15, 0.2) is 24.3 Å². The molecule has 2 atom stereocenters. The molecule has 1 aliphatic rings. The number of ether oxygens (including phenoxy) is 1. The Bertz CT molecular complexity index is 517. The van der Waals surface area contributed by atoms with E-state index in [9.17, 15) is 14.0 Å². The molecule has 1 N–H and O–H groups in total. The van der Waals surface area contributed by atoms with E-state index in [0.29, 0.717) is 25.1 Å². The lowest BCUT2D eigenvalue weighted by Crippen LogP contribution is -2.47. The Morgan fingerprint density at radius 3 is 2.67 bits per heavy atom. The molecule has 21 heavy (non-hydrogen) atoms. The summed E-state index contributed by atoms with van der Waals surface area (Å²) in [6, 6.07) is 5.42. The molecule has 0 aliphatic carbocycles. The molecule has 114 valence electrons. The van der Waals surface area contributed by atoms with E-state index in [1.165, 1.54) is 29.2 Å². The van der Waals surface area contributed by atoms with E-state index in [2.05, 4.69) is 0 Å². The van der Waals surface area contributed by atoms with Crippen molar-refractivity contribution in [3.63, 3.8) is 0 Å². The normalized spacial score (nSPS) is 19.9. The Morgan fingerprint density at radius 2 is 2.05 bits per heavy atom. The van der Waals surface area contributed by atoms with Crippen LogP contribution in [0.4, 0.5) is 4.39 Å². The molecule has 0 bridgehead atoms. The second kappa shape index (κ2) is 6.56. The van der Waals surface area contributed by atoms with Gasteiger partial charge in [-0.2, -0.15) is 0 Å². The number of hydrogen-bond donors (Lipinski definition) is 1. The number of aliphatic carboxylic acids is 1. The average Bonchev–Trinajstić information content (AvgIpc) is 2.49. The summed E-state index contributed by atoms with van der Waals surface area (Å²) >= 11 is 0. The van der Waals surface area contributed by atoms with Gasteiger partial charge in [0.05, 0.1) is 5.92 Å². The molecule has 0 saturated carbocycles. The quantitative estimate of drug-likeness (QED) is 0.921. The van der Waals surface area contributed by atoms with Gasteiger partial charge in [-0.1, -0.05) is 0 Å². The van der Waals surface area contributed by atoms with Gasteiger partial charge in [0.15, 0.2) is 6.10 Å². The number of rotatable bonds is 4.